The third-order valence-electron chi connectivity index (χ3n) is 15.0. The molecule has 0 radical (unpaired) electrons. The first kappa shape index (κ1) is 33.4. The van der Waals surface area contributed by atoms with E-state index in [0.717, 1.165) is 57.1 Å². The predicted octanol–water partition coefficient (Wildman–Crippen LogP) is 14.1. The molecule has 5 aliphatic carbocycles. The molecule has 4 saturated carbocycles. The number of benzene rings is 7. The summed E-state index contributed by atoms with van der Waals surface area (Å²) in [6.07, 6.45) is 7.01. The highest BCUT2D eigenvalue weighted by atomic mass is 32.1. The molecule has 286 valence electrons. The Kier molecular flexibility index (Phi) is 6.85. The quantitative estimate of drug-likeness (QED) is 0.178. The molecule has 7 aromatic carbocycles. The Bertz CT molecular complexity index is 3370. The van der Waals surface area contributed by atoms with Crippen LogP contribution < -0.4 is 0 Å². The first-order valence-electron chi connectivity index (χ1n) is 21.7. The number of rotatable bonds is 4. The van der Waals surface area contributed by atoms with E-state index in [9.17, 15) is 0 Å². The molecule has 0 saturated heterocycles. The lowest BCUT2D eigenvalue weighted by Crippen LogP contribution is -2.55. The number of nitrogens with zero attached hydrogens (tertiary/aromatic N) is 4. The molecule has 15 rings (SSSR count). The summed E-state index contributed by atoms with van der Waals surface area (Å²) in [6, 6.07) is 57.7. The minimum Gasteiger partial charge on any atom is -0.309 e. The van der Waals surface area contributed by atoms with E-state index in [0.29, 0.717) is 17.5 Å². The molecule has 5 aliphatic rings. The minimum atomic E-state index is 0.135. The SMILES string of the molecule is c1ccc(-c2nc(-c3ccc4sc5cc6c(cc5c4c3)C3(c4ccccc4-6)C4CC5CC(C4)CC3C5)nc(-c3cccc4c5ccccc5n(-c5ccccc5)c34)n2)cc1. The van der Waals surface area contributed by atoms with Gasteiger partial charge in [0.05, 0.1) is 11.0 Å². The zero-order valence-corrected chi connectivity index (χ0v) is 33.9. The summed E-state index contributed by atoms with van der Waals surface area (Å²) < 4.78 is 5.03. The van der Waals surface area contributed by atoms with Gasteiger partial charge in [0, 0.05) is 58.7 Å². The van der Waals surface area contributed by atoms with Crippen LogP contribution in [0.4, 0.5) is 0 Å². The van der Waals surface area contributed by atoms with Gasteiger partial charge in [0.15, 0.2) is 17.5 Å². The van der Waals surface area contributed by atoms with Crippen LogP contribution in [-0.4, -0.2) is 19.5 Å². The lowest BCUT2D eigenvalue weighted by Gasteiger charge is -2.61. The highest BCUT2D eigenvalue weighted by Gasteiger charge is 2.61. The predicted molar refractivity (Wildman–Crippen MR) is 247 cm³/mol. The van der Waals surface area contributed by atoms with E-state index in [-0.39, 0.29) is 5.41 Å². The van der Waals surface area contributed by atoms with Crippen LogP contribution in [0.15, 0.2) is 158 Å². The molecule has 4 nitrogen and oxygen atoms in total. The standard InChI is InChI=1S/C55H40N4S/c1-3-12-34(13-4-1)52-56-53(58-54(57-52)42-19-11-18-41-40-17-8-10-21-48(40)59(51(41)42)38-14-5-2-6-15-38)35-22-23-49-44(29-35)45-30-47-43(31-50(45)60-49)39-16-7-9-20-46(39)55(47)36-25-32-24-33(27-36)28-37(55)26-32/h1-23,29-33,36-37H,24-28H2. The van der Waals surface area contributed by atoms with Gasteiger partial charge in [-0.25, -0.2) is 15.0 Å². The molecule has 0 unspecified atom stereocenters. The van der Waals surface area contributed by atoms with E-state index in [4.69, 9.17) is 15.0 Å². The van der Waals surface area contributed by atoms with Gasteiger partial charge in [0.25, 0.3) is 0 Å². The average molecular weight is 789 g/mol. The molecule has 4 bridgehead atoms. The van der Waals surface area contributed by atoms with Gasteiger partial charge in [-0.15, -0.1) is 11.3 Å². The molecule has 4 fully saturated rings. The molecule has 0 aliphatic heterocycles. The van der Waals surface area contributed by atoms with Gasteiger partial charge >= 0.3 is 0 Å². The van der Waals surface area contributed by atoms with Gasteiger partial charge < -0.3 is 4.57 Å². The van der Waals surface area contributed by atoms with E-state index in [1.54, 1.807) is 11.1 Å². The maximum Gasteiger partial charge on any atom is 0.166 e. The van der Waals surface area contributed by atoms with Crippen LogP contribution in [0, 0.1) is 23.7 Å². The molecule has 5 heteroatoms. The van der Waals surface area contributed by atoms with Crippen molar-refractivity contribution < 1.29 is 0 Å². The topological polar surface area (TPSA) is 43.6 Å². The molecule has 0 amide bonds. The highest BCUT2D eigenvalue weighted by Crippen LogP contribution is 2.69. The fourth-order valence-corrected chi connectivity index (χ4v) is 14.1. The van der Waals surface area contributed by atoms with Crippen molar-refractivity contribution in [2.75, 3.05) is 0 Å². The Balaban J connectivity index is 0.983. The van der Waals surface area contributed by atoms with Gasteiger partial charge in [0.1, 0.15) is 0 Å². The Morgan fingerprint density at radius 2 is 1.10 bits per heavy atom. The number of hydrogen-bond acceptors (Lipinski definition) is 4. The summed E-state index contributed by atoms with van der Waals surface area (Å²) in [7, 11) is 0. The summed E-state index contributed by atoms with van der Waals surface area (Å²) >= 11 is 1.92. The molecule has 3 aromatic heterocycles. The summed E-state index contributed by atoms with van der Waals surface area (Å²) in [5.41, 5.74) is 12.6. The van der Waals surface area contributed by atoms with Crippen LogP contribution in [0.25, 0.3) is 93.0 Å². The summed E-state index contributed by atoms with van der Waals surface area (Å²) in [4.78, 5) is 15.9. The van der Waals surface area contributed by atoms with Gasteiger partial charge in [-0.2, -0.15) is 0 Å². The van der Waals surface area contributed by atoms with Gasteiger partial charge in [0.2, 0.25) is 0 Å². The lowest BCUT2D eigenvalue weighted by atomic mass is 9.43. The second-order valence-electron chi connectivity index (χ2n) is 18.0. The van der Waals surface area contributed by atoms with Crippen LogP contribution in [0.3, 0.4) is 0 Å². The van der Waals surface area contributed by atoms with E-state index >= 15 is 0 Å². The summed E-state index contributed by atoms with van der Waals surface area (Å²) in [5.74, 6) is 5.33. The molecular formula is C55H40N4S. The van der Waals surface area contributed by atoms with Crippen molar-refractivity contribution >= 4 is 53.3 Å². The van der Waals surface area contributed by atoms with Crippen molar-refractivity contribution in [1.82, 2.24) is 19.5 Å². The first-order valence-corrected chi connectivity index (χ1v) is 22.5. The smallest absolute Gasteiger partial charge is 0.166 e. The molecular weight excluding hydrogens is 749 g/mol. The Morgan fingerprint density at radius 3 is 1.92 bits per heavy atom. The fraction of sp³-hybridized carbons (Fsp3) is 0.182. The Labute approximate surface area is 352 Å². The second kappa shape index (κ2) is 12.3. The number of aromatic nitrogens is 4. The average Bonchev–Trinajstić information content (AvgIpc) is 3.93. The number of para-hydroxylation sites is 3. The number of hydrogen-bond donors (Lipinski definition) is 0. The summed E-state index contributed by atoms with van der Waals surface area (Å²) in [6.45, 7) is 0. The van der Waals surface area contributed by atoms with Crippen LogP contribution in [-0.2, 0) is 5.41 Å². The van der Waals surface area contributed by atoms with Gasteiger partial charge in [-0.05, 0) is 133 Å². The maximum atomic E-state index is 5.40. The Morgan fingerprint density at radius 1 is 0.450 bits per heavy atom. The largest absolute Gasteiger partial charge is 0.309 e. The van der Waals surface area contributed by atoms with Crippen molar-refractivity contribution in [3.63, 3.8) is 0 Å². The van der Waals surface area contributed by atoms with Crippen molar-refractivity contribution in [1.29, 1.82) is 0 Å². The Hall–Kier alpha value is -6.43. The first-order chi connectivity index (χ1) is 29.7. The van der Waals surface area contributed by atoms with E-state index < -0.39 is 0 Å². The normalized spacial score (nSPS) is 22.4. The molecule has 3 heterocycles. The van der Waals surface area contributed by atoms with Gasteiger partial charge in [-0.3, -0.25) is 0 Å². The van der Waals surface area contributed by atoms with E-state index in [1.165, 1.54) is 74.2 Å². The molecule has 1 spiro atoms. The fourth-order valence-electron chi connectivity index (χ4n) is 12.9. The van der Waals surface area contributed by atoms with Gasteiger partial charge in [-0.1, -0.05) is 103 Å². The number of fused-ring (bicyclic) bond motifs is 9. The third kappa shape index (κ3) is 4.53. The highest BCUT2D eigenvalue weighted by molar-refractivity contribution is 7.25. The molecule has 10 aromatic rings. The van der Waals surface area contributed by atoms with Crippen LogP contribution in [0.5, 0.6) is 0 Å². The minimum absolute atomic E-state index is 0.135. The van der Waals surface area contributed by atoms with Crippen molar-refractivity contribution in [3.05, 3.63) is 169 Å². The maximum absolute atomic E-state index is 5.40. The van der Waals surface area contributed by atoms with Crippen LogP contribution in [0.2, 0.25) is 0 Å². The van der Waals surface area contributed by atoms with E-state index in [2.05, 4.69) is 156 Å². The van der Waals surface area contributed by atoms with Crippen molar-refractivity contribution in [3.8, 4) is 51.0 Å². The monoisotopic (exact) mass is 788 g/mol. The lowest BCUT2D eigenvalue weighted by molar-refractivity contribution is -0.0398. The van der Waals surface area contributed by atoms with Crippen LogP contribution >= 0.6 is 11.3 Å². The zero-order valence-electron chi connectivity index (χ0n) is 33.1. The zero-order chi connectivity index (χ0) is 39.1. The molecule has 0 atom stereocenters. The van der Waals surface area contributed by atoms with E-state index in [1.807, 2.05) is 17.4 Å². The third-order valence-corrected chi connectivity index (χ3v) is 16.2. The summed E-state index contributed by atoms with van der Waals surface area (Å²) in [5, 5.41) is 5.04. The molecule has 60 heavy (non-hydrogen) atoms. The molecule has 0 N–H and O–H groups in total. The van der Waals surface area contributed by atoms with Crippen molar-refractivity contribution in [2.24, 2.45) is 23.7 Å². The second-order valence-corrected chi connectivity index (χ2v) is 19.1. The number of thiophene rings is 1. The van der Waals surface area contributed by atoms with Crippen molar-refractivity contribution in [2.45, 2.75) is 37.5 Å². The van der Waals surface area contributed by atoms with Crippen LogP contribution in [0.1, 0.15) is 43.2 Å².